The minimum absolute atomic E-state index is 0.323. The van der Waals surface area contributed by atoms with E-state index in [4.69, 9.17) is 10.6 Å². The molecule has 0 heterocycles. The lowest BCUT2D eigenvalue weighted by Gasteiger charge is -2.41. The second-order valence-corrected chi connectivity index (χ2v) is 7.20. The van der Waals surface area contributed by atoms with Crippen molar-refractivity contribution >= 4 is 0 Å². The van der Waals surface area contributed by atoms with Crippen LogP contribution >= 0.6 is 0 Å². The van der Waals surface area contributed by atoms with Gasteiger partial charge in [-0.05, 0) is 50.4 Å². The predicted octanol–water partition coefficient (Wildman–Crippen LogP) is 4.02. The standard InChI is InChI=1S/C18H36N2O/c1-3-14-10-12-15(13-11-14)17(20-19)18(21-4-2)16-8-6-5-7-9-16/h14-18,20H,3-13,19H2,1-2H3. The van der Waals surface area contributed by atoms with Crippen LogP contribution in [0.3, 0.4) is 0 Å². The molecule has 0 bridgehead atoms. The number of rotatable bonds is 7. The summed E-state index contributed by atoms with van der Waals surface area (Å²) in [5, 5.41) is 0. The fourth-order valence-electron chi connectivity index (χ4n) is 4.64. The van der Waals surface area contributed by atoms with E-state index in [2.05, 4.69) is 19.3 Å². The highest BCUT2D eigenvalue weighted by molar-refractivity contribution is 4.90. The van der Waals surface area contributed by atoms with Crippen LogP contribution in [0, 0.1) is 17.8 Å². The highest BCUT2D eigenvalue weighted by Crippen LogP contribution is 2.37. The fourth-order valence-corrected chi connectivity index (χ4v) is 4.64. The molecule has 2 aliphatic carbocycles. The molecular formula is C18H36N2O. The molecule has 2 aliphatic rings. The van der Waals surface area contributed by atoms with Crippen LogP contribution in [0.25, 0.3) is 0 Å². The zero-order valence-electron chi connectivity index (χ0n) is 14.2. The predicted molar refractivity (Wildman–Crippen MR) is 88.8 cm³/mol. The van der Waals surface area contributed by atoms with Crippen molar-refractivity contribution in [1.29, 1.82) is 0 Å². The number of nitrogens with one attached hydrogen (secondary N) is 1. The number of nitrogens with two attached hydrogens (primary N) is 1. The van der Waals surface area contributed by atoms with Crippen LogP contribution in [0.15, 0.2) is 0 Å². The van der Waals surface area contributed by atoms with Crippen molar-refractivity contribution in [2.75, 3.05) is 6.61 Å². The van der Waals surface area contributed by atoms with E-state index in [1.165, 1.54) is 64.2 Å². The van der Waals surface area contributed by atoms with E-state index in [0.29, 0.717) is 24.0 Å². The highest BCUT2D eigenvalue weighted by Gasteiger charge is 2.36. The molecular weight excluding hydrogens is 260 g/mol. The Hall–Kier alpha value is -0.120. The normalized spacial score (nSPS) is 31.0. The van der Waals surface area contributed by atoms with Crippen molar-refractivity contribution in [2.45, 2.75) is 90.2 Å². The van der Waals surface area contributed by atoms with Gasteiger partial charge in [-0.15, -0.1) is 0 Å². The Labute approximate surface area is 131 Å². The van der Waals surface area contributed by atoms with Crippen molar-refractivity contribution in [3.8, 4) is 0 Å². The van der Waals surface area contributed by atoms with Crippen LogP contribution in [0.4, 0.5) is 0 Å². The molecule has 2 fully saturated rings. The summed E-state index contributed by atoms with van der Waals surface area (Å²) in [6.07, 6.45) is 13.9. The average molecular weight is 296 g/mol. The lowest BCUT2D eigenvalue weighted by Crippen LogP contribution is -2.53. The van der Waals surface area contributed by atoms with Crippen LogP contribution in [0.2, 0.25) is 0 Å². The van der Waals surface area contributed by atoms with Crippen molar-refractivity contribution < 1.29 is 4.74 Å². The first-order valence-corrected chi connectivity index (χ1v) is 9.37. The molecule has 124 valence electrons. The van der Waals surface area contributed by atoms with Gasteiger partial charge in [0.25, 0.3) is 0 Å². The van der Waals surface area contributed by atoms with Crippen LogP contribution in [0.1, 0.15) is 78.1 Å². The third-order valence-corrected chi connectivity index (χ3v) is 6.00. The molecule has 0 amide bonds. The van der Waals surface area contributed by atoms with Crippen LogP contribution < -0.4 is 11.3 Å². The summed E-state index contributed by atoms with van der Waals surface area (Å²) in [4.78, 5) is 0. The summed E-state index contributed by atoms with van der Waals surface area (Å²) in [6.45, 7) is 5.26. The van der Waals surface area contributed by atoms with E-state index in [1.807, 2.05) is 0 Å². The summed E-state index contributed by atoms with van der Waals surface area (Å²) in [5.74, 6) is 8.34. The van der Waals surface area contributed by atoms with Crippen LogP contribution in [-0.4, -0.2) is 18.8 Å². The van der Waals surface area contributed by atoms with Gasteiger partial charge in [0.1, 0.15) is 0 Å². The SMILES string of the molecule is CCOC(C1CCCCC1)C(NN)C1CCC(CC)CC1. The van der Waals surface area contributed by atoms with Gasteiger partial charge >= 0.3 is 0 Å². The Morgan fingerprint density at radius 3 is 2.14 bits per heavy atom. The zero-order valence-corrected chi connectivity index (χ0v) is 14.2. The number of hydrazine groups is 1. The third kappa shape index (κ3) is 4.67. The Kier molecular flexibility index (Phi) is 7.48. The molecule has 2 unspecified atom stereocenters. The molecule has 0 radical (unpaired) electrons. The number of hydrogen-bond donors (Lipinski definition) is 2. The molecule has 3 N–H and O–H groups in total. The smallest absolute Gasteiger partial charge is 0.0772 e. The second-order valence-electron chi connectivity index (χ2n) is 7.20. The number of ether oxygens (including phenoxy) is 1. The Bertz CT molecular complexity index is 270. The van der Waals surface area contributed by atoms with Crippen molar-refractivity contribution in [2.24, 2.45) is 23.6 Å². The maximum Gasteiger partial charge on any atom is 0.0772 e. The average Bonchev–Trinajstić information content (AvgIpc) is 2.56. The van der Waals surface area contributed by atoms with Gasteiger partial charge in [-0.3, -0.25) is 11.3 Å². The molecule has 2 saturated carbocycles. The Morgan fingerprint density at radius 2 is 1.62 bits per heavy atom. The van der Waals surface area contributed by atoms with Crippen LogP contribution in [0.5, 0.6) is 0 Å². The minimum Gasteiger partial charge on any atom is -0.377 e. The number of hydrogen-bond acceptors (Lipinski definition) is 3. The van der Waals surface area contributed by atoms with Gasteiger partial charge in [-0.1, -0.05) is 45.4 Å². The second kappa shape index (κ2) is 9.12. The molecule has 0 aromatic carbocycles. The molecule has 21 heavy (non-hydrogen) atoms. The quantitative estimate of drug-likeness (QED) is 0.551. The topological polar surface area (TPSA) is 47.3 Å². The zero-order chi connectivity index (χ0) is 15.1. The third-order valence-electron chi connectivity index (χ3n) is 6.00. The van der Waals surface area contributed by atoms with Gasteiger partial charge in [-0.2, -0.15) is 0 Å². The van der Waals surface area contributed by atoms with Crippen LogP contribution in [-0.2, 0) is 4.74 Å². The first kappa shape index (κ1) is 17.2. The molecule has 3 nitrogen and oxygen atoms in total. The maximum atomic E-state index is 6.20. The van der Waals surface area contributed by atoms with Gasteiger partial charge in [-0.25, -0.2) is 0 Å². The van der Waals surface area contributed by atoms with E-state index >= 15 is 0 Å². The molecule has 0 aliphatic heterocycles. The van der Waals surface area contributed by atoms with Gasteiger partial charge < -0.3 is 4.74 Å². The lowest BCUT2D eigenvalue weighted by molar-refractivity contribution is -0.0372. The Morgan fingerprint density at radius 1 is 0.952 bits per heavy atom. The van der Waals surface area contributed by atoms with Crippen molar-refractivity contribution in [1.82, 2.24) is 5.43 Å². The van der Waals surface area contributed by atoms with Gasteiger partial charge in [0.05, 0.1) is 12.1 Å². The van der Waals surface area contributed by atoms with Gasteiger partial charge in [0.2, 0.25) is 0 Å². The van der Waals surface area contributed by atoms with E-state index in [9.17, 15) is 0 Å². The van der Waals surface area contributed by atoms with E-state index in [1.54, 1.807) is 0 Å². The molecule has 2 atom stereocenters. The van der Waals surface area contributed by atoms with E-state index in [-0.39, 0.29) is 0 Å². The fraction of sp³-hybridized carbons (Fsp3) is 1.00. The largest absolute Gasteiger partial charge is 0.377 e. The first-order chi connectivity index (χ1) is 10.3. The van der Waals surface area contributed by atoms with Crippen molar-refractivity contribution in [3.05, 3.63) is 0 Å². The van der Waals surface area contributed by atoms with E-state index in [0.717, 1.165) is 12.5 Å². The highest BCUT2D eigenvalue weighted by atomic mass is 16.5. The van der Waals surface area contributed by atoms with Crippen molar-refractivity contribution in [3.63, 3.8) is 0 Å². The first-order valence-electron chi connectivity index (χ1n) is 9.37. The molecule has 0 saturated heterocycles. The molecule has 0 aromatic heterocycles. The summed E-state index contributed by atoms with van der Waals surface area (Å²) in [5.41, 5.74) is 3.16. The van der Waals surface area contributed by atoms with Gasteiger partial charge in [0, 0.05) is 6.61 Å². The van der Waals surface area contributed by atoms with Gasteiger partial charge in [0.15, 0.2) is 0 Å². The summed E-state index contributed by atoms with van der Waals surface area (Å²) >= 11 is 0. The summed E-state index contributed by atoms with van der Waals surface area (Å²) in [6, 6.07) is 0.353. The molecule has 0 spiro atoms. The molecule has 0 aromatic rings. The van der Waals surface area contributed by atoms with E-state index < -0.39 is 0 Å². The maximum absolute atomic E-state index is 6.20. The minimum atomic E-state index is 0.323. The monoisotopic (exact) mass is 296 g/mol. The lowest BCUT2D eigenvalue weighted by atomic mass is 9.73. The molecule has 3 heteroatoms. The summed E-state index contributed by atoms with van der Waals surface area (Å²) < 4.78 is 6.20. The Balaban J connectivity index is 1.97. The summed E-state index contributed by atoms with van der Waals surface area (Å²) in [7, 11) is 0. The molecule has 2 rings (SSSR count).